The summed E-state index contributed by atoms with van der Waals surface area (Å²) in [6.07, 6.45) is 10.1. The first-order chi connectivity index (χ1) is 7.70. The number of ether oxygens (including phenoxy) is 1. The van der Waals surface area contributed by atoms with Crippen LogP contribution in [-0.4, -0.2) is 11.4 Å². The summed E-state index contributed by atoms with van der Waals surface area (Å²) in [5.41, 5.74) is 0. The lowest BCUT2D eigenvalue weighted by molar-refractivity contribution is 0.218. The second kappa shape index (κ2) is 11.5. The standard InChI is InChI=1S/C14H27BrO/c1-4-6-11-14(15)12-9-7-8-10-13(3)16-5-2/h14H,3-12H2,1-2H3. The average molecular weight is 291 g/mol. The van der Waals surface area contributed by atoms with Crippen molar-refractivity contribution in [3.8, 4) is 0 Å². The molecule has 96 valence electrons. The van der Waals surface area contributed by atoms with E-state index in [1.54, 1.807) is 0 Å². The second-order valence-electron chi connectivity index (χ2n) is 4.31. The SMILES string of the molecule is C=C(CCCCCC(Br)CCCC)OCC. The van der Waals surface area contributed by atoms with E-state index in [0.29, 0.717) is 0 Å². The van der Waals surface area contributed by atoms with Gasteiger partial charge in [-0.2, -0.15) is 0 Å². The quantitative estimate of drug-likeness (QED) is 0.280. The van der Waals surface area contributed by atoms with Gasteiger partial charge >= 0.3 is 0 Å². The summed E-state index contributed by atoms with van der Waals surface area (Å²) < 4.78 is 5.32. The Morgan fingerprint density at radius 1 is 1.12 bits per heavy atom. The third-order valence-electron chi connectivity index (χ3n) is 2.69. The van der Waals surface area contributed by atoms with Gasteiger partial charge in [-0.05, 0) is 26.2 Å². The van der Waals surface area contributed by atoms with Crippen LogP contribution in [0.25, 0.3) is 0 Å². The highest BCUT2D eigenvalue weighted by atomic mass is 79.9. The first-order valence-corrected chi connectivity index (χ1v) is 7.56. The molecule has 0 aliphatic rings. The molecule has 0 aliphatic carbocycles. The van der Waals surface area contributed by atoms with Gasteiger partial charge in [-0.15, -0.1) is 0 Å². The maximum atomic E-state index is 5.32. The van der Waals surface area contributed by atoms with Gasteiger partial charge in [-0.3, -0.25) is 0 Å². The number of rotatable bonds is 11. The molecule has 1 nitrogen and oxygen atoms in total. The fraction of sp³-hybridized carbons (Fsp3) is 0.857. The predicted octanol–water partition coefficient (Wildman–Crippen LogP) is 5.44. The Bertz CT molecular complexity index is 168. The molecule has 0 N–H and O–H groups in total. The molecule has 0 aromatic carbocycles. The molecule has 0 radical (unpaired) electrons. The van der Waals surface area contributed by atoms with Gasteiger partial charge in [0.05, 0.1) is 12.4 Å². The highest BCUT2D eigenvalue weighted by molar-refractivity contribution is 9.09. The Kier molecular flexibility index (Phi) is 11.5. The Morgan fingerprint density at radius 3 is 2.44 bits per heavy atom. The Hall–Kier alpha value is 0.0200. The minimum absolute atomic E-state index is 0.725. The molecule has 1 unspecified atom stereocenters. The van der Waals surface area contributed by atoms with Gasteiger partial charge in [0.1, 0.15) is 0 Å². The molecule has 0 aromatic heterocycles. The van der Waals surface area contributed by atoms with Gasteiger partial charge in [0, 0.05) is 11.2 Å². The molecule has 0 fully saturated rings. The summed E-state index contributed by atoms with van der Waals surface area (Å²) in [5.74, 6) is 0.948. The Labute approximate surface area is 110 Å². The zero-order valence-corrected chi connectivity index (χ0v) is 12.5. The topological polar surface area (TPSA) is 9.23 Å². The molecule has 0 saturated heterocycles. The summed E-state index contributed by atoms with van der Waals surface area (Å²) in [5, 5.41) is 0. The molecule has 0 heterocycles. The predicted molar refractivity (Wildman–Crippen MR) is 76.1 cm³/mol. The van der Waals surface area contributed by atoms with E-state index in [9.17, 15) is 0 Å². The molecule has 0 saturated carbocycles. The van der Waals surface area contributed by atoms with Crippen molar-refractivity contribution in [3.63, 3.8) is 0 Å². The second-order valence-corrected chi connectivity index (χ2v) is 5.61. The zero-order chi connectivity index (χ0) is 12.2. The summed E-state index contributed by atoms with van der Waals surface area (Å²) in [6.45, 7) is 8.89. The van der Waals surface area contributed by atoms with Crippen molar-refractivity contribution in [1.29, 1.82) is 0 Å². The lowest BCUT2D eigenvalue weighted by atomic mass is 10.1. The third kappa shape index (κ3) is 10.5. The van der Waals surface area contributed by atoms with Gasteiger partial charge in [0.15, 0.2) is 0 Å². The molecule has 0 amide bonds. The highest BCUT2D eigenvalue weighted by Gasteiger charge is 2.03. The van der Waals surface area contributed by atoms with Crippen LogP contribution in [0.2, 0.25) is 0 Å². The van der Waals surface area contributed by atoms with E-state index in [1.165, 1.54) is 44.9 Å². The highest BCUT2D eigenvalue weighted by Crippen LogP contribution is 2.18. The maximum Gasteiger partial charge on any atom is 0.0888 e. The molecule has 2 heteroatoms. The number of alkyl halides is 1. The van der Waals surface area contributed by atoms with Gasteiger partial charge in [-0.25, -0.2) is 0 Å². The molecular weight excluding hydrogens is 264 g/mol. The van der Waals surface area contributed by atoms with Crippen LogP contribution in [0.1, 0.15) is 65.2 Å². The van der Waals surface area contributed by atoms with Crippen LogP contribution in [0, 0.1) is 0 Å². The Balaban J connectivity index is 3.23. The lowest BCUT2D eigenvalue weighted by Gasteiger charge is -2.09. The van der Waals surface area contributed by atoms with E-state index in [-0.39, 0.29) is 0 Å². The molecule has 0 rings (SSSR count). The molecule has 1 atom stereocenters. The van der Waals surface area contributed by atoms with Crippen molar-refractivity contribution in [3.05, 3.63) is 12.3 Å². The van der Waals surface area contributed by atoms with Crippen molar-refractivity contribution in [1.82, 2.24) is 0 Å². The van der Waals surface area contributed by atoms with Crippen LogP contribution >= 0.6 is 15.9 Å². The van der Waals surface area contributed by atoms with Crippen molar-refractivity contribution in [2.24, 2.45) is 0 Å². The molecular formula is C14H27BrO. The fourth-order valence-electron chi connectivity index (χ4n) is 1.71. The van der Waals surface area contributed by atoms with Crippen molar-refractivity contribution in [2.45, 2.75) is 70.0 Å². The van der Waals surface area contributed by atoms with Gasteiger partial charge in [0.2, 0.25) is 0 Å². The van der Waals surface area contributed by atoms with E-state index in [4.69, 9.17) is 4.74 Å². The van der Waals surface area contributed by atoms with Crippen molar-refractivity contribution < 1.29 is 4.74 Å². The first kappa shape index (κ1) is 16.0. The van der Waals surface area contributed by atoms with Gasteiger partial charge in [0.25, 0.3) is 0 Å². The number of unbranched alkanes of at least 4 members (excludes halogenated alkanes) is 3. The van der Waals surface area contributed by atoms with E-state index in [0.717, 1.165) is 23.6 Å². The average Bonchev–Trinajstić information content (AvgIpc) is 2.26. The van der Waals surface area contributed by atoms with Crippen LogP contribution in [-0.2, 0) is 4.74 Å². The molecule has 0 aromatic rings. The van der Waals surface area contributed by atoms with Crippen molar-refractivity contribution in [2.75, 3.05) is 6.61 Å². The molecule has 16 heavy (non-hydrogen) atoms. The van der Waals surface area contributed by atoms with E-state index >= 15 is 0 Å². The van der Waals surface area contributed by atoms with Crippen LogP contribution < -0.4 is 0 Å². The third-order valence-corrected chi connectivity index (χ3v) is 3.61. The first-order valence-electron chi connectivity index (χ1n) is 6.65. The number of hydrogen-bond acceptors (Lipinski definition) is 1. The molecule has 0 bridgehead atoms. The summed E-state index contributed by atoms with van der Waals surface area (Å²) >= 11 is 3.74. The van der Waals surface area contributed by atoms with Crippen LogP contribution in [0.4, 0.5) is 0 Å². The van der Waals surface area contributed by atoms with E-state index in [1.807, 2.05) is 6.92 Å². The lowest BCUT2D eigenvalue weighted by Crippen LogP contribution is -1.97. The number of hydrogen-bond donors (Lipinski definition) is 0. The smallest absolute Gasteiger partial charge is 0.0888 e. The minimum atomic E-state index is 0.725. The van der Waals surface area contributed by atoms with Crippen LogP contribution in [0.5, 0.6) is 0 Å². The van der Waals surface area contributed by atoms with Gasteiger partial charge in [-0.1, -0.05) is 55.1 Å². The monoisotopic (exact) mass is 290 g/mol. The molecule has 0 spiro atoms. The fourth-order valence-corrected chi connectivity index (χ4v) is 2.36. The van der Waals surface area contributed by atoms with E-state index < -0.39 is 0 Å². The minimum Gasteiger partial charge on any atom is -0.499 e. The summed E-state index contributed by atoms with van der Waals surface area (Å²) in [7, 11) is 0. The molecule has 0 aliphatic heterocycles. The maximum absolute atomic E-state index is 5.32. The summed E-state index contributed by atoms with van der Waals surface area (Å²) in [6, 6.07) is 0. The van der Waals surface area contributed by atoms with Crippen LogP contribution in [0.15, 0.2) is 12.3 Å². The van der Waals surface area contributed by atoms with Crippen LogP contribution in [0.3, 0.4) is 0 Å². The normalized spacial score (nSPS) is 12.4. The number of halogens is 1. The summed E-state index contributed by atoms with van der Waals surface area (Å²) in [4.78, 5) is 0.725. The van der Waals surface area contributed by atoms with Gasteiger partial charge < -0.3 is 4.74 Å². The zero-order valence-electron chi connectivity index (χ0n) is 10.9. The largest absolute Gasteiger partial charge is 0.499 e. The van der Waals surface area contributed by atoms with E-state index in [2.05, 4.69) is 29.4 Å². The van der Waals surface area contributed by atoms with Crippen molar-refractivity contribution >= 4 is 15.9 Å². The number of allylic oxidation sites excluding steroid dienone is 1. The Morgan fingerprint density at radius 2 is 1.81 bits per heavy atom.